The number of hydrogen-bond acceptors (Lipinski definition) is 6. The topological polar surface area (TPSA) is 98.8 Å². The highest BCUT2D eigenvalue weighted by atomic mass is 32.2. The highest BCUT2D eigenvalue weighted by molar-refractivity contribution is 7.91. The number of amides is 1. The van der Waals surface area contributed by atoms with Crippen molar-refractivity contribution >= 4 is 21.5 Å². The van der Waals surface area contributed by atoms with E-state index >= 15 is 0 Å². The van der Waals surface area contributed by atoms with Crippen LogP contribution in [-0.2, 0) is 14.6 Å². The minimum Gasteiger partial charge on any atom is -0.493 e. The Morgan fingerprint density at radius 2 is 1.90 bits per heavy atom. The molecule has 0 fully saturated rings. The van der Waals surface area contributed by atoms with Gasteiger partial charge in [-0.05, 0) is 49.6 Å². The van der Waals surface area contributed by atoms with Crippen molar-refractivity contribution in [1.29, 1.82) is 0 Å². The first-order chi connectivity index (χ1) is 14.3. The van der Waals surface area contributed by atoms with E-state index in [-0.39, 0.29) is 29.9 Å². The molecule has 30 heavy (non-hydrogen) atoms. The molecule has 2 aromatic rings. The Morgan fingerprint density at radius 3 is 2.63 bits per heavy atom. The number of Topliss-reactive ketones (excluding diaryl/α,β-unsaturated/α-hetero) is 1. The molecule has 1 heterocycles. The number of benzene rings is 2. The molecule has 0 bridgehead atoms. The van der Waals surface area contributed by atoms with Crippen LogP contribution in [-0.4, -0.2) is 39.6 Å². The number of sulfone groups is 1. The maximum Gasteiger partial charge on any atom is 0.220 e. The highest BCUT2D eigenvalue weighted by Crippen LogP contribution is 2.32. The third-order valence-corrected chi connectivity index (χ3v) is 6.83. The summed E-state index contributed by atoms with van der Waals surface area (Å²) in [6.07, 6.45) is 1.09. The molecule has 1 aliphatic rings. The van der Waals surface area contributed by atoms with Crippen LogP contribution < -0.4 is 14.8 Å². The zero-order valence-electron chi connectivity index (χ0n) is 17.0. The molecule has 0 aromatic heterocycles. The van der Waals surface area contributed by atoms with Gasteiger partial charge in [0.2, 0.25) is 5.91 Å². The molecule has 0 saturated carbocycles. The van der Waals surface area contributed by atoms with Gasteiger partial charge >= 0.3 is 0 Å². The minimum atomic E-state index is -3.28. The molecule has 1 N–H and O–H groups in total. The predicted octanol–water partition coefficient (Wildman–Crippen LogP) is 3.09. The molecule has 1 amide bonds. The van der Waals surface area contributed by atoms with E-state index in [0.29, 0.717) is 47.0 Å². The lowest BCUT2D eigenvalue weighted by Gasteiger charge is -2.26. The molecule has 1 atom stereocenters. The van der Waals surface area contributed by atoms with Crippen molar-refractivity contribution in [2.45, 2.75) is 37.1 Å². The third kappa shape index (κ3) is 4.99. The summed E-state index contributed by atoms with van der Waals surface area (Å²) in [6.45, 7) is 1.78. The Morgan fingerprint density at radius 1 is 1.13 bits per heavy atom. The fraction of sp³-hybridized carbons (Fsp3) is 0.364. The predicted molar refractivity (Wildman–Crippen MR) is 112 cm³/mol. The van der Waals surface area contributed by atoms with Crippen molar-refractivity contribution in [3.05, 3.63) is 53.6 Å². The van der Waals surface area contributed by atoms with Crippen LogP contribution in [0.1, 0.15) is 48.1 Å². The van der Waals surface area contributed by atoms with E-state index in [4.69, 9.17) is 9.47 Å². The number of hydrogen-bond donors (Lipinski definition) is 1. The average Bonchev–Trinajstić information content (AvgIpc) is 2.73. The van der Waals surface area contributed by atoms with Gasteiger partial charge in [-0.3, -0.25) is 9.59 Å². The summed E-state index contributed by atoms with van der Waals surface area (Å²) in [5, 5.41) is 2.93. The number of carbonyl (C=O) groups excluding carboxylic acids is 2. The molecular weight excluding hydrogens is 406 g/mol. The van der Waals surface area contributed by atoms with Crippen molar-refractivity contribution < 1.29 is 27.5 Å². The number of ketones is 1. The van der Waals surface area contributed by atoms with Gasteiger partial charge in [-0.15, -0.1) is 0 Å². The minimum absolute atomic E-state index is 0.0219. The number of nitrogens with one attached hydrogen (secondary N) is 1. The third-order valence-electron chi connectivity index (χ3n) is 5.02. The Hall–Kier alpha value is -2.87. The fourth-order valence-electron chi connectivity index (χ4n) is 3.43. The van der Waals surface area contributed by atoms with E-state index < -0.39 is 9.84 Å². The number of ether oxygens (including phenoxy) is 2. The second-order valence-corrected chi connectivity index (χ2v) is 9.22. The van der Waals surface area contributed by atoms with E-state index in [1.165, 1.54) is 14.0 Å². The van der Waals surface area contributed by atoms with Gasteiger partial charge in [0.05, 0.1) is 30.4 Å². The Labute approximate surface area is 176 Å². The van der Waals surface area contributed by atoms with Crippen LogP contribution in [0.2, 0.25) is 0 Å². The van der Waals surface area contributed by atoms with Crippen molar-refractivity contribution in [2.75, 3.05) is 19.5 Å². The van der Waals surface area contributed by atoms with Gasteiger partial charge in [-0.2, -0.15) is 0 Å². The molecule has 3 rings (SSSR count). The summed E-state index contributed by atoms with van der Waals surface area (Å²) in [6, 6.07) is 11.5. The largest absolute Gasteiger partial charge is 0.493 e. The SMILES string of the molecule is COc1cc(C(C)=O)ccc1OCCCC(=O)NC1CCS(=O)(=O)c2ccccc21. The molecule has 1 unspecified atom stereocenters. The Balaban J connectivity index is 1.52. The van der Waals surface area contributed by atoms with Gasteiger partial charge in [0.1, 0.15) is 0 Å². The van der Waals surface area contributed by atoms with Crippen LogP contribution in [0.5, 0.6) is 11.5 Å². The van der Waals surface area contributed by atoms with Gasteiger partial charge in [0.25, 0.3) is 0 Å². The normalized spacial score (nSPS) is 16.9. The first-order valence-electron chi connectivity index (χ1n) is 9.74. The molecule has 2 aromatic carbocycles. The van der Waals surface area contributed by atoms with Gasteiger partial charge in [0.15, 0.2) is 27.1 Å². The second-order valence-electron chi connectivity index (χ2n) is 7.14. The van der Waals surface area contributed by atoms with Gasteiger partial charge < -0.3 is 14.8 Å². The number of carbonyl (C=O) groups is 2. The quantitative estimate of drug-likeness (QED) is 0.509. The molecule has 0 aliphatic carbocycles. The molecule has 0 spiro atoms. The van der Waals surface area contributed by atoms with E-state index in [1.807, 2.05) is 0 Å². The molecule has 1 aliphatic heterocycles. The summed E-state index contributed by atoms with van der Waals surface area (Å²) >= 11 is 0. The van der Waals surface area contributed by atoms with E-state index in [0.717, 1.165) is 0 Å². The standard InChI is InChI=1S/C22H25NO6S/c1-15(24)16-9-10-19(20(14-16)28-2)29-12-5-8-22(25)23-18-11-13-30(26,27)21-7-4-3-6-17(18)21/h3-4,6-7,9-10,14,18H,5,8,11-13H2,1-2H3,(H,23,25). The summed E-state index contributed by atoms with van der Waals surface area (Å²) < 4.78 is 35.4. The monoisotopic (exact) mass is 431 g/mol. The summed E-state index contributed by atoms with van der Waals surface area (Å²) in [5.74, 6) is 0.778. The lowest BCUT2D eigenvalue weighted by molar-refractivity contribution is -0.122. The Bertz CT molecular complexity index is 1050. The number of fused-ring (bicyclic) bond motifs is 1. The van der Waals surface area contributed by atoms with Crippen molar-refractivity contribution in [2.24, 2.45) is 0 Å². The fourth-order valence-corrected chi connectivity index (χ4v) is 5.05. The lowest BCUT2D eigenvalue weighted by Crippen LogP contribution is -2.33. The molecule has 160 valence electrons. The Kier molecular flexibility index (Phi) is 6.77. The van der Waals surface area contributed by atoms with Gasteiger partial charge in [-0.25, -0.2) is 8.42 Å². The summed E-state index contributed by atoms with van der Waals surface area (Å²) in [7, 11) is -1.78. The maximum absolute atomic E-state index is 12.4. The average molecular weight is 432 g/mol. The number of rotatable bonds is 8. The second kappa shape index (κ2) is 9.30. The van der Waals surface area contributed by atoms with E-state index in [2.05, 4.69) is 5.32 Å². The smallest absolute Gasteiger partial charge is 0.220 e. The highest BCUT2D eigenvalue weighted by Gasteiger charge is 2.30. The van der Waals surface area contributed by atoms with E-state index in [1.54, 1.807) is 42.5 Å². The first kappa shape index (κ1) is 21.8. The summed E-state index contributed by atoms with van der Waals surface area (Å²) in [4.78, 5) is 24.1. The maximum atomic E-state index is 12.4. The van der Waals surface area contributed by atoms with Crippen LogP contribution >= 0.6 is 0 Å². The van der Waals surface area contributed by atoms with Gasteiger partial charge in [0, 0.05) is 12.0 Å². The molecule has 0 saturated heterocycles. The van der Waals surface area contributed by atoms with Crippen LogP contribution in [0.15, 0.2) is 47.4 Å². The van der Waals surface area contributed by atoms with E-state index in [9.17, 15) is 18.0 Å². The van der Waals surface area contributed by atoms with Crippen molar-refractivity contribution in [1.82, 2.24) is 5.32 Å². The molecule has 8 heteroatoms. The van der Waals surface area contributed by atoms with Crippen molar-refractivity contribution in [3.63, 3.8) is 0 Å². The lowest BCUT2D eigenvalue weighted by atomic mass is 10.0. The van der Waals surface area contributed by atoms with Crippen LogP contribution in [0, 0.1) is 0 Å². The zero-order valence-corrected chi connectivity index (χ0v) is 17.8. The first-order valence-corrected chi connectivity index (χ1v) is 11.4. The van der Waals surface area contributed by atoms with Crippen molar-refractivity contribution in [3.8, 4) is 11.5 Å². The molecule has 7 nitrogen and oxygen atoms in total. The van der Waals surface area contributed by atoms with Crippen LogP contribution in [0.3, 0.4) is 0 Å². The number of methoxy groups -OCH3 is 1. The molecule has 0 radical (unpaired) electrons. The van der Waals surface area contributed by atoms with Crippen LogP contribution in [0.4, 0.5) is 0 Å². The molecular formula is C22H25NO6S. The summed E-state index contributed by atoms with van der Waals surface area (Å²) in [5.41, 5.74) is 1.18. The van der Waals surface area contributed by atoms with Crippen LogP contribution in [0.25, 0.3) is 0 Å². The zero-order chi connectivity index (χ0) is 21.7. The van der Waals surface area contributed by atoms with Gasteiger partial charge in [-0.1, -0.05) is 18.2 Å².